The largest absolute Gasteiger partial charge is 0.433 e. The van der Waals surface area contributed by atoms with E-state index in [4.69, 9.17) is 0 Å². The molecule has 0 aliphatic rings. The lowest BCUT2D eigenvalue weighted by Crippen LogP contribution is -2.12. The molecule has 0 N–H and O–H groups in total. The summed E-state index contributed by atoms with van der Waals surface area (Å²) in [5.41, 5.74) is -0.680. The predicted molar refractivity (Wildman–Crippen MR) is 62.4 cm³/mol. The van der Waals surface area contributed by atoms with E-state index in [0.29, 0.717) is 0 Å². The van der Waals surface area contributed by atoms with Crippen molar-refractivity contribution in [2.75, 3.05) is 5.33 Å². The highest BCUT2D eigenvalue weighted by Crippen LogP contribution is 2.28. The summed E-state index contributed by atoms with van der Waals surface area (Å²) < 4.78 is 36.7. The van der Waals surface area contributed by atoms with Gasteiger partial charge in [0.2, 0.25) is 0 Å². The van der Waals surface area contributed by atoms with Crippen molar-refractivity contribution in [3.8, 4) is 0 Å². The number of rotatable bonds is 2. The maximum Gasteiger partial charge on any atom is 0.433 e. The van der Waals surface area contributed by atoms with Crippen LogP contribution >= 0.6 is 32.9 Å². The number of hydrogen-bond donors (Lipinski definition) is 0. The highest BCUT2D eigenvalue weighted by atomic mass is 79.9. The van der Waals surface area contributed by atoms with Crippen LogP contribution in [0.4, 0.5) is 13.2 Å². The minimum atomic E-state index is -4.47. The van der Waals surface area contributed by atoms with Gasteiger partial charge in [-0.25, -0.2) is 4.98 Å². The lowest BCUT2D eigenvalue weighted by atomic mass is 10.1. The fraction of sp³-hybridized carbons (Fsp3) is 0.333. The molecule has 0 radical (unpaired) electrons. The first-order valence-electron chi connectivity index (χ1n) is 4.00. The zero-order valence-corrected chi connectivity index (χ0v) is 11.4. The average molecular weight is 363 g/mol. The summed E-state index contributed by atoms with van der Waals surface area (Å²) >= 11 is 2.94. The maximum atomic E-state index is 12.2. The third-order valence-corrected chi connectivity index (χ3v) is 2.31. The Morgan fingerprint density at radius 3 is 2.38 bits per heavy atom. The number of hydrogen-bond acceptors (Lipinski definition) is 2. The molecule has 1 rings (SSSR count). The number of nitrogens with zero attached hydrogens (tertiary/aromatic N) is 1. The molecule has 1 aromatic heterocycles. The molecule has 90 valence electrons. The molecule has 0 aliphatic carbocycles. The van der Waals surface area contributed by atoms with Crippen molar-refractivity contribution in [2.24, 2.45) is 0 Å². The number of aromatic nitrogens is 1. The van der Waals surface area contributed by atoms with E-state index in [9.17, 15) is 18.0 Å². The molecule has 0 unspecified atom stereocenters. The lowest BCUT2D eigenvalue weighted by Gasteiger charge is -2.08. The van der Waals surface area contributed by atoms with Crippen molar-refractivity contribution in [3.63, 3.8) is 0 Å². The number of carbonyl (C=O) groups excluding carboxylic acids is 1. The molecule has 0 amide bonds. The summed E-state index contributed by atoms with van der Waals surface area (Å²) in [6.07, 6.45) is -4.47. The van der Waals surface area contributed by atoms with Crippen LogP contribution in [0.3, 0.4) is 0 Å². The van der Waals surface area contributed by atoms with Crippen LogP contribution in [0.15, 0.2) is 12.1 Å². The summed E-state index contributed by atoms with van der Waals surface area (Å²) in [5, 5.41) is 0.0703. The van der Waals surface area contributed by atoms with Gasteiger partial charge in [0.05, 0.1) is 5.33 Å². The van der Waals surface area contributed by atoms with Crippen molar-refractivity contribution in [1.29, 1.82) is 0 Å². The maximum absolute atomic E-state index is 12.2. The highest BCUT2D eigenvalue weighted by molar-refractivity contribution is 9.09. The third kappa shape index (κ3) is 3.55. The Hall–Kier alpha value is -0.430. The number of alkyl halides is 4. The van der Waals surface area contributed by atoms with Gasteiger partial charge in [0, 0.05) is 11.3 Å². The number of aryl methyl sites for hydroxylation is 1. The molecule has 2 nitrogen and oxygen atoms in total. The number of carbonyl (C=O) groups is 1. The first-order valence-corrected chi connectivity index (χ1v) is 5.12. The Bertz CT molecular complexity index is 393. The Morgan fingerprint density at radius 2 is 2.00 bits per heavy atom. The van der Waals surface area contributed by atoms with Gasteiger partial charge >= 0.3 is 6.18 Å². The number of halogens is 5. The zero-order chi connectivity index (χ0) is 11.6. The van der Waals surface area contributed by atoms with Crippen molar-refractivity contribution >= 4 is 38.7 Å². The average Bonchev–Trinajstić information content (AvgIpc) is 2.15. The van der Waals surface area contributed by atoms with Crippen LogP contribution in [0.1, 0.15) is 21.7 Å². The van der Waals surface area contributed by atoms with Crippen molar-refractivity contribution in [1.82, 2.24) is 4.98 Å². The topological polar surface area (TPSA) is 30.0 Å². The Labute approximate surface area is 109 Å². The molecular formula is C9H8Br2F3NO. The quantitative estimate of drug-likeness (QED) is 0.594. The van der Waals surface area contributed by atoms with Crippen molar-refractivity contribution in [3.05, 3.63) is 29.1 Å². The second kappa shape index (κ2) is 5.77. The van der Waals surface area contributed by atoms with Crippen LogP contribution in [-0.4, -0.2) is 16.1 Å². The molecule has 0 saturated heterocycles. The van der Waals surface area contributed by atoms with E-state index in [1.807, 2.05) is 0 Å². The van der Waals surface area contributed by atoms with Gasteiger partial charge < -0.3 is 0 Å². The predicted octanol–water partition coefficient (Wildman–Crippen LogP) is 3.56. The normalized spacial score (nSPS) is 10.8. The van der Waals surface area contributed by atoms with Crippen molar-refractivity contribution in [2.45, 2.75) is 13.1 Å². The van der Waals surface area contributed by atoms with Crippen LogP contribution in [0.25, 0.3) is 0 Å². The SMILES string of the molecule is Br.Cc1nc(C(F)(F)F)ccc1C(=O)CBr. The Morgan fingerprint density at radius 1 is 1.44 bits per heavy atom. The number of Topliss-reactive ketones (excluding diaryl/α,β-unsaturated/α-hetero) is 1. The van der Waals surface area contributed by atoms with Gasteiger partial charge in [-0.2, -0.15) is 13.2 Å². The summed E-state index contributed by atoms with van der Waals surface area (Å²) in [6, 6.07) is 1.96. The minimum absolute atomic E-state index is 0. The smallest absolute Gasteiger partial charge is 0.293 e. The summed E-state index contributed by atoms with van der Waals surface area (Å²) in [5.74, 6) is -0.284. The van der Waals surface area contributed by atoms with Crippen LogP contribution in [-0.2, 0) is 6.18 Å². The molecule has 0 aromatic carbocycles. The van der Waals surface area contributed by atoms with E-state index in [2.05, 4.69) is 20.9 Å². The lowest BCUT2D eigenvalue weighted by molar-refractivity contribution is -0.141. The molecule has 0 saturated carbocycles. The number of pyridine rings is 1. The minimum Gasteiger partial charge on any atom is -0.293 e. The van der Waals surface area contributed by atoms with Crippen LogP contribution in [0.2, 0.25) is 0 Å². The summed E-state index contributed by atoms with van der Waals surface area (Å²) in [6.45, 7) is 1.38. The molecule has 1 heterocycles. The van der Waals surface area contributed by atoms with E-state index < -0.39 is 11.9 Å². The third-order valence-electron chi connectivity index (χ3n) is 1.80. The summed E-state index contributed by atoms with van der Waals surface area (Å²) in [4.78, 5) is 14.6. The zero-order valence-electron chi connectivity index (χ0n) is 8.14. The molecule has 0 bridgehead atoms. The first kappa shape index (κ1) is 15.6. The summed E-state index contributed by atoms with van der Waals surface area (Å²) in [7, 11) is 0. The van der Waals surface area contributed by atoms with E-state index in [-0.39, 0.29) is 39.4 Å². The van der Waals surface area contributed by atoms with E-state index in [1.165, 1.54) is 6.92 Å². The van der Waals surface area contributed by atoms with Crippen LogP contribution < -0.4 is 0 Å². The second-order valence-electron chi connectivity index (χ2n) is 2.88. The Balaban J connectivity index is 0.00000225. The van der Waals surface area contributed by atoms with E-state index in [1.54, 1.807) is 0 Å². The van der Waals surface area contributed by atoms with Gasteiger partial charge in [-0.05, 0) is 19.1 Å². The standard InChI is InChI=1S/C9H7BrF3NO.BrH/c1-5-6(7(15)4-10)2-3-8(14-5)9(11,12)13;/h2-3H,4H2,1H3;1H. The van der Waals surface area contributed by atoms with E-state index in [0.717, 1.165) is 12.1 Å². The van der Waals surface area contributed by atoms with E-state index >= 15 is 0 Å². The van der Waals surface area contributed by atoms with Gasteiger partial charge in [-0.3, -0.25) is 4.79 Å². The molecule has 0 spiro atoms. The molecule has 7 heteroatoms. The Kier molecular flexibility index (Phi) is 5.61. The number of ketones is 1. The first-order chi connectivity index (χ1) is 6.86. The van der Waals surface area contributed by atoms with Gasteiger partial charge in [0.1, 0.15) is 5.69 Å². The monoisotopic (exact) mass is 361 g/mol. The van der Waals surface area contributed by atoms with Gasteiger partial charge in [-0.15, -0.1) is 17.0 Å². The highest BCUT2D eigenvalue weighted by Gasteiger charge is 2.32. The molecule has 0 fully saturated rings. The molecule has 16 heavy (non-hydrogen) atoms. The molecule has 1 aromatic rings. The van der Waals surface area contributed by atoms with Crippen LogP contribution in [0.5, 0.6) is 0 Å². The molecule has 0 atom stereocenters. The fourth-order valence-corrected chi connectivity index (χ4v) is 1.39. The van der Waals surface area contributed by atoms with Gasteiger partial charge in [0.25, 0.3) is 0 Å². The van der Waals surface area contributed by atoms with Gasteiger partial charge in [-0.1, -0.05) is 15.9 Å². The molecule has 0 aliphatic heterocycles. The second-order valence-corrected chi connectivity index (χ2v) is 3.44. The van der Waals surface area contributed by atoms with Gasteiger partial charge in [0.15, 0.2) is 5.78 Å². The van der Waals surface area contributed by atoms with Crippen molar-refractivity contribution < 1.29 is 18.0 Å². The fourth-order valence-electron chi connectivity index (χ4n) is 1.09. The van der Waals surface area contributed by atoms with Crippen LogP contribution in [0, 0.1) is 6.92 Å². The molecular weight excluding hydrogens is 355 g/mol.